The molecule has 1 atom stereocenters. The molecule has 1 amide bonds. The van der Waals surface area contributed by atoms with Crippen molar-refractivity contribution in [2.75, 3.05) is 7.11 Å². The minimum atomic E-state index is -0.211. The third kappa shape index (κ3) is 3.73. The highest BCUT2D eigenvalue weighted by Crippen LogP contribution is 2.34. The number of benzene rings is 2. The van der Waals surface area contributed by atoms with Gasteiger partial charge in [0.05, 0.1) is 7.11 Å². The number of methoxy groups -OCH3 is 1. The quantitative estimate of drug-likeness (QED) is 0.604. The molecule has 2 aromatic carbocycles. The summed E-state index contributed by atoms with van der Waals surface area (Å²) < 4.78 is 11.7. The largest absolute Gasteiger partial charge is 0.497 e. The van der Waals surface area contributed by atoms with Crippen LogP contribution in [0.4, 0.5) is 0 Å². The molecule has 138 valence electrons. The fourth-order valence-corrected chi connectivity index (χ4v) is 3.67. The first kappa shape index (κ1) is 17.7. The van der Waals surface area contributed by atoms with Crippen LogP contribution >= 0.6 is 15.9 Å². The van der Waals surface area contributed by atoms with E-state index in [1.165, 1.54) is 0 Å². The Kier molecular flexibility index (Phi) is 4.94. The standard InChI is InChI=1S/C20H18BrN3O3/c1-26-16-7-2-4-13(10-16)12-24-17(8-9-18(24)25)20-22-19(23-27-20)14-5-3-6-15(21)11-14/h2-7,10-11,17H,8-9,12H2,1H3. The van der Waals surface area contributed by atoms with E-state index >= 15 is 0 Å². The molecule has 0 saturated carbocycles. The number of ether oxygens (including phenoxy) is 1. The number of halogens is 1. The van der Waals surface area contributed by atoms with E-state index in [1.54, 1.807) is 12.0 Å². The summed E-state index contributed by atoms with van der Waals surface area (Å²) in [4.78, 5) is 18.8. The molecule has 3 aromatic rings. The number of hydrogen-bond acceptors (Lipinski definition) is 5. The van der Waals surface area contributed by atoms with Gasteiger partial charge in [0.25, 0.3) is 0 Å². The second kappa shape index (κ2) is 7.52. The smallest absolute Gasteiger partial charge is 0.249 e. The molecule has 1 aliphatic rings. The minimum absolute atomic E-state index is 0.0880. The van der Waals surface area contributed by atoms with E-state index in [-0.39, 0.29) is 11.9 Å². The fourth-order valence-electron chi connectivity index (χ4n) is 3.27. The van der Waals surface area contributed by atoms with E-state index in [0.29, 0.717) is 31.1 Å². The summed E-state index contributed by atoms with van der Waals surface area (Å²) in [6.45, 7) is 0.481. The monoisotopic (exact) mass is 427 g/mol. The van der Waals surface area contributed by atoms with Gasteiger partial charge in [0.2, 0.25) is 17.6 Å². The van der Waals surface area contributed by atoms with Crippen LogP contribution in [0.15, 0.2) is 57.5 Å². The van der Waals surface area contributed by atoms with Crippen LogP contribution in [-0.2, 0) is 11.3 Å². The second-order valence-electron chi connectivity index (χ2n) is 6.39. The number of carbonyl (C=O) groups is 1. The Morgan fingerprint density at radius 3 is 2.93 bits per heavy atom. The lowest BCUT2D eigenvalue weighted by atomic mass is 10.1. The van der Waals surface area contributed by atoms with Crippen LogP contribution in [0.3, 0.4) is 0 Å². The maximum absolute atomic E-state index is 12.4. The third-order valence-corrected chi connectivity index (χ3v) is 5.12. The Morgan fingerprint density at radius 2 is 2.11 bits per heavy atom. The van der Waals surface area contributed by atoms with E-state index in [9.17, 15) is 4.79 Å². The van der Waals surface area contributed by atoms with Gasteiger partial charge in [0, 0.05) is 23.0 Å². The van der Waals surface area contributed by atoms with Gasteiger partial charge in [-0.3, -0.25) is 4.79 Å². The Morgan fingerprint density at radius 1 is 1.26 bits per heavy atom. The highest BCUT2D eigenvalue weighted by Gasteiger charge is 2.36. The van der Waals surface area contributed by atoms with Crippen LogP contribution in [0.25, 0.3) is 11.4 Å². The van der Waals surface area contributed by atoms with Crippen molar-refractivity contribution in [2.45, 2.75) is 25.4 Å². The van der Waals surface area contributed by atoms with Crippen LogP contribution in [0.1, 0.15) is 30.3 Å². The minimum Gasteiger partial charge on any atom is -0.497 e. The Bertz CT molecular complexity index is 972. The number of amides is 1. The van der Waals surface area contributed by atoms with Gasteiger partial charge in [-0.15, -0.1) is 0 Å². The van der Waals surface area contributed by atoms with Crippen molar-refractivity contribution in [1.29, 1.82) is 0 Å². The van der Waals surface area contributed by atoms with Gasteiger partial charge >= 0.3 is 0 Å². The molecule has 4 rings (SSSR count). The molecule has 1 saturated heterocycles. The van der Waals surface area contributed by atoms with Crippen LogP contribution in [0.5, 0.6) is 5.75 Å². The number of aromatic nitrogens is 2. The lowest BCUT2D eigenvalue weighted by Crippen LogP contribution is -2.27. The summed E-state index contributed by atoms with van der Waals surface area (Å²) in [5, 5.41) is 4.10. The molecule has 0 spiro atoms. The second-order valence-corrected chi connectivity index (χ2v) is 7.31. The van der Waals surface area contributed by atoms with E-state index in [1.807, 2.05) is 48.5 Å². The normalized spacial score (nSPS) is 16.7. The highest BCUT2D eigenvalue weighted by molar-refractivity contribution is 9.10. The fraction of sp³-hybridized carbons (Fsp3) is 0.250. The number of carbonyl (C=O) groups excluding carboxylic acids is 1. The molecule has 0 aliphatic carbocycles. The molecular formula is C20H18BrN3O3. The lowest BCUT2D eigenvalue weighted by molar-refractivity contribution is -0.130. The van der Waals surface area contributed by atoms with E-state index in [4.69, 9.17) is 9.26 Å². The third-order valence-electron chi connectivity index (χ3n) is 4.62. The number of rotatable bonds is 5. The number of hydrogen-bond donors (Lipinski definition) is 0. The van der Waals surface area contributed by atoms with Crippen LogP contribution in [-0.4, -0.2) is 28.1 Å². The SMILES string of the molecule is COc1cccc(CN2C(=O)CCC2c2nc(-c3cccc(Br)c3)no2)c1. The molecule has 7 heteroatoms. The molecule has 0 bridgehead atoms. The molecule has 1 aromatic heterocycles. The van der Waals surface area contributed by atoms with Crippen molar-refractivity contribution in [2.24, 2.45) is 0 Å². The summed E-state index contributed by atoms with van der Waals surface area (Å²) in [5.74, 6) is 1.85. The van der Waals surface area contributed by atoms with E-state index in [2.05, 4.69) is 26.1 Å². The predicted octanol–water partition coefficient (Wildman–Crippen LogP) is 4.37. The molecule has 0 radical (unpaired) electrons. The lowest BCUT2D eigenvalue weighted by Gasteiger charge is -2.22. The maximum atomic E-state index is 12.4. The summed E-state index contributed by atoms with van der Waals surface area (Å²) in [6, 6.07) is 15.2. The summed E-state index contributed by atoms with van der Waals surface area (Å²) >= 11 is 3.45. The van der Waals surface area contributed by atoms with Gasteiger partial charge in [0.15, 0.2) is 0 Å². The van der Waals surface area contributed by atoms with Crippen molar-refractivity contribution in [1.82, 2.24) is 15.0 Å². The van der Waals surface area contributed by atoms with Gasteiger partial charge in [-0.2, -0.15) is 4.98 Å². The van der Waals surface area contributed by atoms with Gasteiger partial charge < -0.3 is 14.2 Å². The van der Waals surface area contributed by atoms with Crippen LogP contribution in [0, 0.1) is 0 Å². The molecule has 1 fully saturated rings. The Balaban J connectivity index is 1.58. The highest BCUT2D eigenvalue weighted by atomic mass is 79.9. The van der Waals surface area contributed by atoms with Crippen molar-refractivity contribution < 1.29 is 14.1 Å². The Hall–Kier alpha value is -2.67. The van der Waals surface area contributed by atoms with Crippen LogP contribution < -0.4 is 4.74 Å². The zero-order valence-electron chi connectivity index (χ0n) is 14.8. The van der Waals surface area contributed by atoms with Gasteiger partial charge in [0.1, 0.15) is 11.8 Å². The van der Waals surface area contributed by atoms with E-state index < -0.39 is 0 Å². The molecular weight excluding hydrogens is 410 g/mol. The molecule has 6 nitrogen and oxygen atoms in total. The van der Waals surface area contributed by atoms with Crippen molar-refractivity contribution in [3.63, 3.8) is 0 Å². The average molecular weight is 428 g/mol. The van der Waals surface area contributed by atoms with E-state index in [0.717, 1.165) is 21.3 Å². The first-order valence-corrected chi connectivity index (χ1v) is 9.45. The Labute approximate surface area is 165 Å². The first-order chi connectivity index (χ1) is 13.1. The number of likely N-dealkylation sites (tertiary alicyclic amines) is 1. The van der Waals surface area contributed by atoms with Crippen molar-refractivity contribution in [3.05, 3.63) is 64.5 Å². The van der Waals surface area contributed by atoms with Crippen molar-refractivity contribution in [3.8, 4) is 17.1 Å². The maximum Gasteiger partial charge on any atom is 0.249 e. The zero-order chi connectivity index (χ0) is 18.8. The summed E-state index contributed by atoms with van der Waals surface area (Å²) in [5.41, 5.74) is 1.87. The van der Waals surface area contributed by atoms with Gasteiger partial charge in [-0.1, -0.05) is 45.4 Å². The van der Waals surface area contributed by atoms with Gasteiger partial charge in [-0.05, 0) is 36.2 Å². The van der Waals surface area contributed by atoms with Gasteiger partial charge in [-0.25, -0.2) is 0 Å². The molecule has 27 heavy (non-hydrogen) atoms. The molecule has 2 heterocycles. The summed E-state index contributed by atoms with van der Waals surface area (Å²) in [6.07, 6.45) is 1.14. The number of nitrogens with zero attached hydrogens (tertiary/aromatic N) is 3. The molecule has 1 aliphatic heterocycles. The molecule has 0 N–H and O–H groups in total. The van der Waals surface area contributed by atoms with Crippen LogP contribution in [0.2, 0.25) is 0 Å². The average Bonchev–Trinajstić information content (AvgIpc) is 3.30. The first-order valence-electron chi connectivity index (χ1n) is 8.66. The summed E-state index contributed by atoms with van der Waals surface area (Å²) in [7, 11) is 1.63. The zero-order valence-corrected chi connectivity index (χ0v) is 16.3. The predicted molar refractivity (Wildman–Crippen MR) is 103 cm³/mol. The molecule has 1 unspecified atom stereocenters. The van der Waals surface area contributed by atoms with Crippen molar-refractivity contribution >= 4 is 21.8 Å². The topological polar surface area (TPSA) is 68.5 Å².